The summed E-state index contributed by atoms with van der Waals surface area (Å²) < 4.78 is 13.2. The number of ether oxygens (including phenoxy) is 3. The van der Waals surface area contributed by atoms with Gasteiger partial charge >= 0.3 is 44.1 Å². The van der Waals surface area contributed by atoms with Gasteiger partial charge < -0.3 is 43.9 Å². The fourth-order valence-electron chi connectivity index (χ4n) is 2.45. The van der Waals surface area contributed by atoms with E-state index in [1.807, 2.05) is 0 Å². The van der Waals surface area contributed by atoms with Gasteiger partial charge in [-0.05, 0) is 57.8 Å². The Morgan fingerprint density at radius 1 is 0.405 bits per heavy atom. The zero-order valence-corrected chi connectivity index (χ0v) is 25.4. The van der Waals surface area contributed by atoms with Crippen molar-refractivity contribution in [3.8, 4) is 0 Å². The third-order valence-corrected chi connectivity index (χ3v) is 4.47. The van der Waals surface area contributed by atoms with Crippen LogP contribution < -0.4 is 15.3 Å². The summed E-state index contributed by atoms with van der Waals surface area (Å²) in [5.74, 6) is -3.84. The molecule has 0 heterocycles. The molecule has 12 nitrogen and oxygen atoms in total. The molecule has 0 amide bonds. The number of carboxylic acid groups (broad SMARTS) is 3. The minimum Gasteiger partial charge on any atom is -0.550 e. The summed E-state index contributed by atoms with van der Waals surface area (Å²) >= 11 is 0. The van der Waals surface area contributed by atoms with Gasteiger partial charge in [-0.1, -0.05) is 19.3 Å². The van der Waals surface area contributed by atoms with E-state index in [-0.39, 0.29) is 63.4 Å². The van der Waals surface area contributed by atoms with Crippen LogP contribution in [0.3, 0.4) is 0 Å². The Hall–Kier alpha value is -2.30. The first-order chi connectivity index (χ1) is 17.0. The van der Waals surface area contributed by atoms with Crippen molar-refractivity contribution in [2.45, 2.75) is 96.3 Å². The molecule has 0 saturated carbocycles. The number of aliphatic carboxylic acids is 3. The van der Waals surface area contributed by atoms with E-state index in [2.05, 4.69) is 14.2 Å². The van der Waals surface area contributed by atoms with Gasteiger partial charge in [0.1, 0.15) is 0 Å². The molecule has 0 bridgehead atoms. The van der Waals surface area contributed by atoms with Gasteiger partial charge in [-0.3, -0.25) is 14.4 Å². The standard InChI is InChI=1S/3C8H14O4.Bi/c3*1-12-8(11)6-4-2-3-5-7(9)10;/h3*2-6H2,1H3,(H,9,10);/q;;;+3/p-3. The van der Waals surface area contributed by atoms with Crippen LogP contribution in [0.4, 0.5) is 0 Å². The van der Waals surface area contributed by atoms with Crippen LogP contribution in [0.1, 0.15) is 96.3 Å². The molecule has 0 aliphatic heterocycles. The predicted octanol–water partition coefficient (Wildman–Crippen LogP) is -0.801. The Morgan fingerprint density at radius 3 is 0.757 bits per heavy atom. The van der Waals surface area contributed by atoms with Crippen molar-refractivity contribution < 1.29 is 58.3 Å². The van der Waals surface area contributed by atoms with Crippen molar-refractivity contribution >= 4 is 62.0 Å². The van der Waals surface area contributed by atoms with Crippen LogP contribution in [0, 0.1) is 0 Å². The maximum atomic E-state index is 10.6. The zero-order chi connectivity index (χ0) is 28.2. The van der Waals surface area contributed by atoms with Crippen molar-refractivity contribution in [3.05, 3.63) is 0 Å². The first-order valence-electron chi connectivity index (χ1n) is 11.8. The number of unbranched alkanes of at least 4 members (excludes halogenated alkanes) is 6. The summed E-state index contributed by atoms with van der Waals surface area (Å²) in [6, 6.07) is 0. The van der Waals surface area contributed by atoms with Crippen LogP contribution in [0.15, 0.2) is 0 Å². The van der Waals surface area contributed by atoms with E-state index >= 15 is 0 Å². The second-order valence-electron chi connectivity index (χ2n) is 7.53. The van der Waals surface area contributed by atoms with Gasteiger partial charge in [0.15, 0.2) is 0 Å². The minimum absolute atomic E-state index is 0. The average molecular weight is 729 g/mol. The normalized spacial score (nSPS) is 9.16. The molecule has 0 N–H and O–H groups in total. The topological polar surface area (TPSA) is 199 Å². The minimum atomic E-state index is -1.03. The molecule has 0 spiro atoms. The second-order valence-corrected chi connectivity index (χ2v) is 7.53. The Balaban J connectivity index is -0.000000218. The van der Waals surface area contributed by atoms with Gasteiger partial charge in [0.05, 0.1) is 21.3 Å². The first kappa shape index (κ1) is 41.8. The largest absolute Gasteiger partial charge is 3.00 e. The molecule has 0 aliphatic carbocycles. The molecule has 13 heteroatoms. The number of methoxy groups -OCH3 is 3. The molecule has 0 aromatic heterocycles. The Bertz CT molecular complexity index is 552. The molecule has 37 heavy (non-hydrogen) atoms. The first-order valence-corrected chi connectivity index (χ1v) is 11.8. The third kappa shape index (κ3) is 44.1. The Morgan fingerprint density at radius 2 is 0.595 bits per heavy atom. The molecule has 212 valence electrons. The predicted molar refractivity (Wildman–Crippen MR) is 126 cm³/mol. The fraction of sp³-hybridized carbons (Fsp3) is 0.750. The SMILES string of the molecule is COC(=O)CCCCCC(=O)[O-].COC(=O)CCCCCC(=O)[O-].COC(=O)CCCCCC(=O)[O-].[Bi+3]. The van der Waals surface area contributed by atoms with Gasteiger partial charge in [-0.2, -0.15) is 0 Å². The van der Waals surface area contributed by atoms with Gasteiger partial charge in [-0.25, -0.2) is 0 Å². The molecular weight excluding hydrogens is 689 g/mol. The van der Waals surface area contributed by atoms with Crippen LogP contribution in [-0.4, -0.2) is 83.3 Å². The van der Waals surface area contributed by atoms with Crippen molar-refractivity contribution in [2.75, 3.05) is 21.3 Å². The molecule has 0 aromatic carbocycles. The molecule has 0 aliphatic rings. The smallest absolute Gasteiger partial charge is 0.550 e. The van der Waals surface area contributed by atoms with Crippen LogP contribution in [0.2, 0.25) is 0 Å². The van der Waals surface area contributed by atoms with Crippen molar-refractivity contribution in [1.82, 2.24) is 0 Å². The Labute approximate surface area is 237 Å². The summed E-state index contributed by atoms with van der Waals surface area (Å²) in [6.07, 6.45) is 7.23. The van der Waals surface area contributed by atoms with Crippen LogP contribution in [0.25, 0.3) is 0 Å². The molecule has 0 atom stereocenters. The van der Waals surface area contributed by atoms with Gasteiger partial charge in [0.2, 0.25) is 0 Å². The number of esters is 3. The number of carbonyl (C=O) groups excluding carboxylic acids is 6. The number of hydrogen-bond donors (Lipinski definition) is 0. The van der Waals surface area contributed by atoms with Gasteiger partial charge in [0, 0.05) is 37.2 Å². The average Bonchev–Trinajstić information content (AvgIpc) is 2.83. The van der Waals surface area contributed by atoms with E-state index in [1.54, 1.807) is 0 Å². The number of carboxylic acids is 3. The fourth-order valence-corrected chi connectivity index (χ4v) is 2.45. The zero-order valence-electron chi connectivity index (χ0n) is 22.0. The van der Waals surface area contributed by atoms with E-state index in [0.717, 1.165) is 19.3 Å². The second kappa shape index (κ2) is 31.7. The molecule has 0 fully saturated rings. The number of carbonyl (C=O) groups is 6. The Kier molecular flexibility index (Phi) is 35.9. The summed E-state index contributed by atoms with van der Waals surface area (Å²) in [6.45, 7) is 0. The summed E-state index contributed by atoms with van der Waals surface area (Å²) in [7, 11) is 4.01. The van der Waals surface area contributed by atoms with Crippen molar-refractivity contribution in [1.29, 1.82) is 0 Å². The summed E-state index contributed by atoms with van der Waals surface area (Å²) in [5, 5.41) is 29.8. The maximum absolute atomic E-state index is 10.6. The van der Waals surface area contributed by atoms with Gasteiger partial charge in [-0.15, -0.1) is 0 Å². The molecule has 0 saturated heterocycles. The molecule has 0 unspecified atom stereocenters. The molecule has 0 rings (SSSR count). The van der Waals surface area contributed by atoms with Crippen molar-refractivity contribution in [3.63, 3.8) is 0 Å². The van der Waals surface area contributed by atoms with E-state index in [1.165, 1.54) is 21.3 Å². The third-order valence-electron chi connectivity index (χ3n) is 4.47. The van der Waals surface area contributed by atoms with Crippen LogP contribution >= 0.6 is 0 Å². The number of rotatable bonds is 18. The quantitative estimate of drug-likeness (QED) is 0.0738. The van der Waals surface area contributed by atoms with E-state index < -0.39 is 17.9 Å². The van der Waals surface area contributed by atoms with E-state index in [4.69, 9.17) is 0 Å². The van der Waals surface area contributed by atoms with E-state index in [0.29, 0.717) is 57.8 Å². The monoisotopic (exact) mass is 728 g/mol. The number of hydrogen-bond acceptors (Lipinski definition) is 12. The van der Waals surface area contributed by atoms with Crippen LogP contribution in [-0.2, 0) is 43.0 Å². The molecule has 2 radical (unpaired) electrons. The van der Waals surface area contributed by atoms with E-state index in [9.17, 15) is 44.1 Å². The van der Waals surface area contributed by atoms with Crippen molar-refractivity contribution in [2.24, 2.45) is 0 Å². The molecular formula is C24H39BiO12. The molecule has 0 aromatic rings. The maximum Gasteiger partial charge on any atom is 3.00 e. The summed E-state index contributed by atoms with van der Waals surface area (Å²) in [4.78, 5) is 61.5. The summed E-state index contributed by atoms with van der Waals surface area (Å²) in [5.41, 5.74) is 0. The van der Waals surface area contributed by atoms with Crippen LogP contribution in [0.5, 0.6) is 0 Å². The van der Waals surface area contributed by atoms with Gasteiger partial charge in [0.25, 0.3) is 0 Å².